The minimum absolute atomic E-state index is 0.577. The predicted octanol–water partition coefficient (Wildman–Crippen LogP) is 4.81. The fraction of sp³-hybridized carbons (Fsp3) is 0.167. The number of methoxy groups -OCH3 is 1. The molecule has 0 amide bonds. The van der Waals surface area contributed by atoms with Gasteiger partial charge in [0.05, 0.1) is 12.8 Å². The van der Waals surface area contributed by atoms with Crippen molar-refractivity contribution in [2.75, 3.05) is 12.8 Å². The van der Waals surface area contributed by atoms with E-state index in [1.807, 2.05) is 55.6 Å². The highest BCUT2D eigenvalue weighted by molar-refractivity contribution is 7.13. The van der Waals surface area contributed by atoms with Crippen molar-refractivity contribution in [3.63, 3.8) is 0 Å². The van der Waals surface area contributed by atoms with Gasteiger partial charge >= 0.3 is 0 Å². The molecule has 1 aromatic heterocycles. The quantitative estimate of drug-likeness (QED) is 0.747. The van der Waals surface area contributed by atoms with E-state index in [2.05, 4.69) is 4.98 Å². The van der Waals surface area contributed by atoms with Crippen LogP contribution in [-0.2, 0) is 0 Å². The van der Waals surface area contributed by atoms with Gasteiger partial charge in [0.15, 0.2) is 16.6 Å². The lowest BCUT2D eigenvalue weighted by molar-refractivity contribution is 0.378. The van der Waals surface area contributed by atoms with Gasteiger partial charge in [0.2, 0.25) is 0 Å². The number of nitrogens with zero attached hydrogens (tertiary/aromatic N) is 1. The molecule has 3 aromatic rings. The van der Waals surface area contributed by atoms with E-state index >= 15 is 0 Å². The first-order valence-electron chi connectivity index (χ1n) is 7.22. The van der Waals surface area contributed by atoms with Gasteiger partial charge in [-0.15, -0.1) is 11.3 Å². The molecule has 0 saturated carbocycles. The molecule has 0 atom stereocenters. The van der Waals surface area contributed by atoms with Gasteiger partial charge < -0.3 is 15.2 Å². The summed E-state index contributed by atoms with van der Waals surface area (Å²) in [6, 6.07) is 11.6. The van der Waals surface area contributed by atoms with Crippen molar-refractivity contribution in [1.29, 1.82) is 0 Å². The topological polar surface area (TPSA) is 57.4 Å². The highest BCUT2D eigenvalue weighted by Gasteiger charge is 2.12. The van der Waals surface area contributed by atoms with Gasteiger partial charge in [0.25, 0.3) is 0 Å². The Morgan fingerprint density at radius 1 is 1.04 bits per heavy atom. The first kappa shape index (κ1) is 15.4. The summed E-state index contributed by atoms with van der Waals surface area (Å²) in [4.78, 5) is 4.38. The van der Waals surface area contributed by atoms with E-state index in [9.17, 15) is 0 Å². The molecule has 2 N–H and O–H groups in total. The maximum atomic E-state index is 5.99. The Kier molecular flexibility index (Phi) is 4.21. The number of anilines is 1. The molecular weight excluding hydrogens is 308 g/mol. The number of nitrogen functional groups attached to an aromatic ring is 1. The lowest BCUT2D eigenvalue weighted by Gasteiger charge is -2.13. The van der Waals surface area contributed by atoms with E-state index in [1.165, 1.54) is 11.3 Å². The van der Waals surface area contributed by atoms with Crippen molar-refractivity contribution in [3.05, 3.63) is 52.9 Å². The Bertz CT molecular complexity index is 820. The maximum absolute atomic E-state index is 5.99. The molecule has 0 saturated heterocycles. The number of ether oxygens (including phenoxy) is 2. The van der Waals surface area contributed by atoms with Gasteiger partial charge in [-0.1, -0.05) is 12.1 Å². The Morgan fingerprint density at radius 2 is 1.70 bits per heavy atom. The summed E-state index contributed by atoms with van der Waals surface area (Å²) in [6.07, 6.45) is 0. The van der Waals surface area contributed by atoms with Gasteiger partial charge in [-0.3, -0.25) is 0 Å². The highest BCUT2D eigenvalue weighted by Crippen LogP contribution is 2.36. The second-order valence-corrected chi connectivity index (χ2v) is 6.15. The van der Waals surface area contributed by atoms with Gasteiger partial charge in [-0.25, -0.2) is 4.98 Å². The van der Waals surface area contributed by atoms with Crippen molar-refractivity contribution in [2.45, 2.75) is 13.8 Å². The van der Waals surface area contributed by atoms with Crippen LogP contribution in [0.15, 0.2) is 41.8 Å². The summed E-state index contributed by atoms with van der Waals surface area (Å²) in [5, 5.41) is 2.55. The molecule has 0 radical (unpaired) electrons. The van der Waals surface area contributed by atoms with Crippen LogP contribution in [0.4, 0.5) is 5.13 Å². The van der Waals surface area contributed by atoms with Crippen LogP contribution < -0.4 is 15.2 Å². The van der Waals surface area contributed by atoms with Crippen molar-refractivity contribution >= 4 is 16.5 Å². The number of hydrogen-bond donors (Lipinski definition) is 1. The number of hydrogen-bond acceptors (Lipinski definition) is 5. The van der Waals surface area contributed by atoms with Crippen LogP contribution >= 0.6 is 11.3 Å². The van der Waals surface area contributed by atoms with E-state index in [-0.39, 0.29) is 0 Å². The molecule has 0 aliphatic carbocycles. The third-order valence-electron chi connectivity index (χ3n) is 3.58. The molecule has 3 rings (SSSR count). The number of thiazole rings is 1. The van der Waals surface area contributed by atoms with Crippen molar-refractivity contribution in [1.82, 2.24) is 4.98 Å². The number of para-hydroxylation sites is 2. The van der Waals surface area contributed by atoms with Gasteiger partial charge in [0, 0.05) is 10.9 Å². The van der Waals surface area contributed by atoms with Crippen LogP contribution in [0.2, 0.25) is 0 Å². The smallest absolute Gasteiger partial charge is 0.180 e. The molecule has 23 heavy (non-hydrogen) atoms. The monoisotopic (exact) mass is 326 g/mol. The molecular formula is C18H18N2O2S. The second-order valence-electron chi connectivity index (χ2n) is 5.26. The average Bonchev–Trinajstić information content (AvgIpc) is 2.93. The SMILES string of the molecule is COc1ccccc1Oc1cc(C)c(-c2csc(N)n2)c(C)c1. The third-order valence-corrected chi connectivity index (χ3v) is 4.26. The maximum Gasteiger partial charge on any atom is 0.180 e. The van der Waals surface area contributed by atoms with Gasteiger partial charge in [-0.05, 0) is 49.2 Å². The van der Waals surface area contributed by atoms with Crippen molar-refractivity contribution in [2.24, 2.45) is 0 Å². The fourth-order valence-corrected chi connectivity index (χ4v) is 3.17. The molecule has 0 bridgehead atoms. The molecule has 118 valence electrons. The summed E-state index contributed by atoms with van der Waals surface area (Å²) < 4.78 is 11.3. The molecule has 0 fully saturated rings. The molecule has 0 aliphatic rings. The molecule has 2 aromatic carbocycles. The number of aromatic nitrogens is 1. The van der Waals surface area contributed by atoms with Crippen LogP contribution in [-0.4, -0.2) is 12.1 Å². The summed E-state index contributed by atoms with van der Waals surface area (Å²) in [7, 11) is 1.63. The number of benzene rings is 2. The van der Waals surface area contributed by atoms with Crippen LogP contribution in [0.25, 0.3) is 11.3 Å². The molecule has 0 aliphatic heterocycles. The van der Waals surface area contributed by atoms with E-state index in [0.717, 1.165) is 28.1 Å². The largest absolute Gasteiger partial charge is 0.493 e. The zero-order valence-corrected chi connectivity index (χ0v) is 14.1. The standard InChI is InChI=1S/C18H18N2O2S/c1-11-8-13(22-16-7-5-4-6-15(16)21-3)9-12(2)17(11)14-10-23-18(19)20-14/h4-10H,1-3H3,(H2,19,20). The first-order chi connectivity index (χ1) is 11.1. The van der Waals surface area contributed by atoms with E-state index in [0.29, 0.717) is 16.6 Å². The van der Waals surface area contributed by atoms with Crippen molar-refractivity contribution < 1.29 is 9.47 Å². The fourth-order valence-electron chi connectivity index (χ4n) is 2.62. The molecule has 4 nitrogen and oxygen atoms in total. The summed E-state index contributed by atoms with van der Waals surface area (Å²) in [5.41, 5.74) is 9.95. The van der Waals surface area contributed by atoms with E-state index in [1.54, 1.807) is 7.11 Å². The van der Waals surface area contributed by atoms with Crippen LogP contribution in [0.3, 0.4) is 0 Å². The van der Waals surface area contributed by atoms with E-state index < -0.39 is 0 Å². The minimum atomic E-state index is 0.577. The Balaban J connectivity index is 1.97. The molecule has 0 spiro atoms. The van der Waals surface area contributed by atoms with Crippen molar-refractivity contribution in [3.8, 4) is 28.5 Å². The van der Waals surface area contributed by atoms with Crippen LogP contribution in [0, 0.1) is 13.8 Å². The number of nitrogens with two attached hydrogens (primary N) is 1. The molecule has 1 heterocycles. The third kappa shape index (κ3) is 3.14. The second kappa shape index (κ2) is 6.30. The van der Waals surface area contributed by atoms with Crippen LogP contribution in [0.1, 0.15) is 11.1 Å². The van der Waals surface area contributed by atoms with Crippen LogP contribution in [0.5, 0.6) is 17.2 Å². The normalized spacial score (nSPS) is 10.6. The number of aryl methyl sites for hydroxylation is 2. The highest BCUT2D eigenvalue weighted by atomic mass is 32.1. The lowest BCUT2D eigenvalue weighted by atomic mass is 10.0. The first-order valence-corrected chi connectivity index (χ1v) is 8.10. The molecule has 0 unspecified atom stereocenters. The minimum Gasteiger partial charge on any atom is -0.493 e. The Hall–Kier alpha value is -2.53. The summed E-state index contributed by atoms with van der Waals surface area (Å²) in [5.74, 6) is 2.18. The van der Waals surface area contributed by atoms with Gasteiger partial charge in [-0.2, -0.15) is 0 Å². The van der Waals surface area contributed by atoms with E-state index in [4.69, 9.17) is 15.2 Å². The average molecular weight is 326 g/mol. The summed E-state index contributed by atoms with van der Waals surface area (Å²) >= 11 is 1.45. The van der Waals surface area contributed by atoms with Gasteiger partial charge in [0.1, 0.15) is 5.75 Å². The summed E-state index contributed by atoms with van der Waals surface area (Å²) in [6.45, 7) is 4.10. The molecule has 5 heteroatoms. The number of rotatable bonds is 4. The predicted molar refractivity (Wildman–Crippen MR) is 94.5 cm³/mol. The lowest BCUT2D eigenvalue weighted by Crippen LogP contribution is -1.94. The zero-order valence-electron chi connectivity index (χ0n) is 13.3. The zero-order chi connectivity index (χ0) is 16.4. The Labute approximate surface area is 139 Å². The Morgan fingerprint density at radius 3 is 2.26 bits per heavy atom.